The van der Waals surface area contributed by atoms with Crippen molar-refractivity contribution in [2.24, 2.45) is 0 Å². The third-order valence-corrected chi connectivity index (χ3v) is 13.6. The van der Waals surface area contributed by atoms with E-state index in [1.54, 1.807) is 75.1 Å². The summed E-state index contributed by atoms with van der Waals surface area (Å²) in [7, 11) is -21.3. The zero-order chi connectivity index (χ0) is 69.9. The van der Waals surface area contributed by atoms with Crippen LogP contribution >= 0.6 is 15.6 Å². The number of aromatic nitrogens is 18. The second kappa shape index (κ2) is 33.9. The van der Waals surface area contributed by atoms with Crippen LogP contribution in [0.15, 0.2) is 222 Å². The quantitative estimate of drug-likeness (QED) is 0.0369. The molecule has 18 nitrogen and oxygen atoms in total. The van der Waals surface area contributed by atoms with Crippen molar-refractivity contribution in [3.63, 3.8) is 0 Å². The van der Waals surface area contributed by atoms with E-state index in [1.165, 1.54) is 33.4 Å². The van der Waals surface area contributed by atoms with E-state index in [-0.39, 0.29) is 17.1 Å². The summed E-state index contributed by atoms with van der Waals surface area (Å²) in [6.07, 6.45) is 41.9. The Morgan fingerprint density at radius 2 is 0.333 bits per heavy atom. The molecule has 12 aromatic rings. The van der Waals surface area contributed by atoms with Crippen molar-refractivity contribution in [2.45, 2.75) is 77.0 Å². The summed E-state index contributed by atoms with van der Waals surface area (Å²) in [5.74, 6) is 0. The summed E-state index contributed by atoms with van der Waals surface area (Å²) in [6.45, 7) is 0. The second-order valence-corrected chi connectivity index (χ2v) is 25.3. The predicted octanol–water partition coefficient (Wildman–Crippen LogP) is 16.6. The molecule has 0 aromatic carbocycles. The van der Waals surface area contributed by atoms with Crippen LogP contribution in [0.3, 0.4) is 0 Å². The van der Waals surface area contributed by atoms with Crippen LogP contribution in [0, 0.1) is 0 Å². The normalized spacial score (nSPS) is 12.4. The summed E-state index contributed by atoms with van der Waals surface area (Å²) in [5.41, 5.74) is 18.9. The minimum Gasteiger partial charge on any atom is -0.255 e. The predicted molar refractivity (Wildman–Crippen MR) is 346 cm³/mol. The molecule has 12 aromatic heterocycles. The van der Waals surface area contributed by atoms with Gasteiger partial charge in [0, 0.05) is 109 Å². The van der Waals surface area contributed by atoms with Crippen molar-refractivity contribution >= 4 is 15.6 Å². The van der Waals surface area contributed by atoms with Gasteiger partial charge in [-0.2, -0.15) is 0 Å². The van der Waals surface area contributed by atoms with E-state index < -0.39 is 15.6 Å². The molecule has 516 valence electrons. The van der Waals surface area contributed by atoms with Gasteiger partial charge < -0.3 is 0 Å². The number of halogens is 12. The maximum absolute atomic E-state index is 10.7. The van der Waals surface area contributed by atoms with Crippen molar-refractivity contribution in [2.75, 3.05) is 0 Å². The maximum atomic E-state index is 9.87. The molecule has 0 amide bonds. The summed E-state index contributed by atoms with van der Waals surface area (Å²) in [5, 5.41) is 0. The molecule has 0 unspecified atom stereocenters. The third kappa shape index (κ3) is 33.2. The molecule has 0 saturated carbocycles. The Labute approximate surface area is 570 Å². The largest absolute Gasteiger partial charge is 2.00 e. The molecular formula is C66H60F12FeN18P2. The van der Waals surface area contributed by atoms with Crippen LogP contribution in [-0.2, 0) is 94.1 Å². The van der Waals surface area contributed by atoms with Gasteiger partial charge in [0.25, 0.3) is 0 Å². The molecular weight excluding hydrogens is 1390 g/mol. The van der Waals surface area contributed by atoms with Gasteiger partial charge in [-0.15, -0.1) is 0 Å². The number of aryl methyl sites for hydroxylation is 12. The van der Waals surface area contributed by atoms with Crippen molar-refractivity contribution in [1.29, 1.82) is 0 Å². The van der Waals surface area contributed by atoms with Gasteiger partial charge in [0.1, 0.15) is 38.0 Å². The van der Waals surface area contributed by atoms with Gasteiger partial charge in [0.05, 0.1) is 34.2 Å². The van der Waals surface area contributed by atoms with Crippen LogP contribution in [0.1, 0.15) is 67.5 Å². The molecule has 33 heteroatoms. The van der Waals surface area contributed by atoms with Gasteiger partial charge in [0.2, 0.25) is 0 Å². The Balaban J connectivity index is 0.000000189. The fourth-order valence-electron chi connectivity index (χ4n) is 9.05. The van der Waals surface area contributed by atoms with Crippen LogP contribution in [0.4, 0.5) is 50.4 Å². The summed E-state index contributed by atoms with van der Waals surface area (Å²) in [4.78, 5) is 76.6. The van der Waals surface area contributed by atoms with Gasteiger partial charge in [-0.05, 0) is 220 Å². The van der Waals surface area contributed by atoms with E-state index in [0.717, 1.165) is 145 Å². The molecule has 0 aliphatic carbocycles. The van der Waals surface area contributed by atoms with E-state index in [1.807, 2.05) is 110 Å². The number of nitrogens with zero attached hydrogens (tertiary/aromatic N) is 18. The standard InChI is InChI=1S/3C22H20N6.2F6P.Fe/c3*1(3-19-7-9-23-15-27-19)17-5-11-25-21(13-17)22-14-18(6-12-26-22)2-4-20-8-10-24-16-28-20;2*1-7(2,3,4,5)6;/h3*5-16H,1-4H2;;;/q;;;2*-1;+2. The molecule has 0 N–H and O–H groups in total. The van der Waals surface area contributed by atoms with E-state index in [4.69, 9.17) is 0 Å². The monoisotopic (exact) mass is 1450 g/mol. The number of rotatable bonds is 21. The first kappa shape index (κ1) is 76.3. The fraction of sp³-hybridized carbons (Fsp3) is 0.182. The summed E-state index contributed by atoms with van der Waals surface area (Å²) >= 11 is 0. The van der Waals surface area contributed by atoms with E-state index in [2.05, 4.69) is 126 Å². The molecule has 0 bridgehead atoms. The minimum absolute atomic E-state index is 0. The van der Waals surface area contributed by atoms with Crippen molar-refractivity contribution in [3.8, 4) is 34.2 Å². The molecule has 12 rings (SSSR count). The molecule has 0 aliphatic heterocycles. The molecule has 0 atom stereocenters. The fourth-order valence-corrected chi connectivity index (χ4v) is 9.05. The summed E-state index contributed by atoms with van der Waals surface area (Å²) in [6, 6.07) is 36.6. The van der Waals surface area contributed by atoms with Crippen LogP contribution in [0.2, 0.25) is 0 Å². The molecule has 0 aliphatic rings. The topological polar surface area (TPSA) is 232 Å². The third-order valence-electron chi connectivity index (χ3n) is 13.6. The van der Waals surface area contributed by atoms with E-state index in [9.17, 15) is 50.4 Å². The Morgan fingerprint density at radius 1 is 0.192 bits per heavy atom. The Hall–Kier alpha value is -10.1. The van der Waals surface area contributed by atoms with Crippen LogP contribution in [0.5, 0.6) is 0 Å². The Kier molecular flexibility index (Phi) is 26.1. The minimum atomic E-state index is -10.7. The summed E-state index contributed by atoms with van der Waals surface area (Å²) < 4.78 is 118. The Morgan fingerprint density at radius 3 is 0.455 bits per heavy atom. The molecule has 12 heterocycles. The average molecular weight is 1450 g/mol. The number of hydrogen-bond acceptors (Lipinski definition) is 18. The van der Waals surface area contributed by atoms with Gasteiger partial charge in [-0.3, -0.25) is 29.9 Å². The molecule has 0 saturated heterocycles. The van der Waals surface area contributed by atoms with Gasteiger partial charge in [0.15, 0.2) is 0 Å². The van der Waals surface area contributed by atoms with Crippen LogP contribution < -0.4 is 0 Å². The SMILES string of the molecule is F[P-](F)(F)(F)(F)F.F[P-](F)(F)(F)(F)F.[Fe+2].c1cc(CCc2ccnc(-c3cc(CCc4ccncn4)ccn3)c2)ncn1.c1cc(CCc2ccnc(-c3cc(CCc4ccncn4)ccn3)c2)ncn1.c1cc(CCc2ccnc(-c3cc(CCc4ccncn4)ccn3)c2)ncn1. The second-order valence-electron chi connectivity index (χ2n) is 21.4. The number of pyridine rings is 6. The van der Waals surface area contributed by atoms with Crippen molar-refractivity contribution < 1.29 is 67.4 Å². The smallest absolute Gasteiger partial charge is 0.255 e. The van der Waals surface area contributed by atoms with Gasteiger partial charge in [-0.25, -0.2) is 59.8 Å². The van der Waals surface area contributed by atoms with Crippen molar-refractivity contribution in [1.82, 2.24) is 89.7 Å². The first-order valence-corrected chi connectivity index (χ1v) is 33.9. The Bertz CT molecular complexity index is 3710. The molecule has 0 radical (unpaired) electrons. The van der Waals surface area contributed by atoms with E-state index in [0.29, 0.717) is 0 Å². The van der Waals surface area contributed by atoms with Gasteiger partial charge in [-0.1, -0.05) is 0 Å². The molecule has 0 spiro atoms. The zero-order valence-electron chi connectivity index (χ0n) is 52.1. The van der Waals surface area contributed by atoms with Gasteiger partial charge >= 0.3 is 83.0 Å². The molecule has 0 fully saturated rings. The van der Waals surface area contributed by atoms with Crippen LogP contribution in [0.25, 0.3) is 34.2 Å². The van der Waals surface area contributed by atoms with Crippen molar-refractivity contribution in [3.05, 3.63) is 289 Å². The average Bonchev–Trinajstić information content (AvgIpc) is 0.797. The van der Waals surface area contributed by atoms with Crippen LogP contribution in [-0.4, -0.2) is 89.7 Å². The first-order chi connectivity index (χ1) is 46.5. The molecule has 99 heavy (non-hydrogen) atoms. The first-order valence-electron chi connectivity index (χ1n) is 29.8. The van der Waals surface area contributed by atoms with E-state index >= 15 is 0 Å². The number of hydrogen-bond donors (Lipinski definition) is 0. The maximum Gasteiger partial charge on any atom is 2.00 e. The zero-order valence-corrected chi connectivity index (χ0v) is 55.0.